The lowest BCUT2D eigenvalue weighted by atomic mass is 10.0. The first kappa shape index (κ1) is 61.6. The molecule has 0 fully saturated rings. The van der Waals surface area contributed by atoms with Gasteiger partial charge >= 0.3 is 17.9 Å². The minimum Gasteiger partial charge on any atom is -0.462 e. The van der Waals surface area contributed by atoms with E-state index in [1.807, 2.05) is 0 Å². The number of hydrogen-bond acceptors (Lipinski definition) is 6. The molecule has 0 saturated heterocycles. The Morgan fingerprint density at radius 2 is 0.594 bits per heavy atom. The maximum absolute atomic E-state index is 12.7. The molecule has 1 atom stereocenters. The first-order chi connectivity index (χ1) is 31.5. The topological polar surface area (TPSA) is 78.9 Å². The highest BCUT2D eigenvalue weighted by atomic mass is 16.6. The molecule has 0 saturated carbocycles. The Kier molecular flexibility index (Phi) is 51.3. The van der Waals surface area contributed by atoms with Gasteiger partial charge in [0.1, 0.15) is 13.2 Å². The van der Waals surface area contributed by atoms with Crippen molar-refractivity contribution >= 4 is 17.9 Å². The van der Waals surface area contributed by atoms with Gasteiger partial charge in [0.25, 0.3) is 0 Å². The molecule has 0 spiro atoms. The first-order valence-electron chi connectivity index (χ1n) is 28.0. The predicted octanol–water partition coefficient (Wildman–Crippen LogP) is 18.5. The molecule has 0 heterocycles. The van der Waals surface area contributed by atoms with Crippen LogP contribution in [0.25, 0.3) is 0 Å². The van der Waals surface area contributed by atoms with Crippen molar-refractivity contribution in [3.05, 3.63) is 36.5 Å². The zero-order chi connectivity index (χ0) is 46.5. The number of esters is 3. The van der Waals surface area contributed by atoms with E-state index in [1.165, 1.54) is 173 Å². The molecule has 374 valence electrons. The van der Waals surface area contributed by atoms with Gasteiger partial charge in [-0.15, -0.1) is 0 Å². The molecule has 6 heteroatoms. The van der Waals surface area contributed by atoms with Crippen LogP contribution in [0.3, 0.4) is 0 Å². The van der Waals surface area contributed by atoms with Gasteiger partial charge in [-0.1, -0.05) is 243 Å². The smallest absolute Gasteiger partial charge is 0.306 e. The maximum atomic E-state index is 12.7. The maximum Gasteiger partial charge on any atom is 0.306 e. The van der Waals surface area contributed by atoms with Crippen LogP contribution in [0.15, 0.2) is 36.5 Å². The van der Waals surface area contributed by atoms with Crippen LogP contribution in [0, 0.1) is 0 Å². The van der Waals surface area contributed by atoms with Gasteiger partial charge in [-0.25, -0.2) is 0 Å². The van der Waals surface area contributed by atoms with E-state index in [0.29, 0.717) is 19.3 Å². The molecule has 64 heavy (non-hydrogen) atoms. The molecule has 0 amide bonds. The van der Waals surface area contributed by atoms with E-state index in [9.17, 15) is 14.4 Å². The zero-order valence-electron chi connectivity index (χ0n) is 42.8. The molecule has 0 aliphatic heterocycles. The van der Waals surface area contributed by atoms with E-state index >= 15 is 0 Å². The summed E-state index contributed by atoms with van der Waals surface area (Å²) in [6, 6.07) is 0. The summed E-state index contributed by atoms with van der Waals surface area (Å²) < 4.78 is 16.7. The predicted molar refractivity (Wildman–Crippen MR) is 275 cm³/mol. The lowest BCUT2D eigenvalue weighted by molar-refractivity contribution is -0.167. The molecule has 0 aliphatic rings. The Bertz CT molecular complexity index is 1080. The van der Waals surface area contributed by atoms with Gasteiger partial charge in [-0.2, -0.15) is 0 Å². The largest absolute Gasteiger partial charge is 0.462 e. The Hall–Kier alpha value is -2.37. The van der Waals surface area contributed by atoms with Crippen LogP contribution in [0.1, 0.15) is 297 Å². The monoisotopic (exact) mass is 899 g/mol. The summed E-state index contributed by atoms with van der Waals surface area (Å²) >= 11 is 0. The Morgan fingerprint density at radius 1 is 0.312 bits per heavy atom. The van der Waals surface area contributed by atoms with Gasteiger partial charge in [0, 0.05) is 19.3 Å². The van der Waals surface area contributed by atoms with Crippen LogP contribution < -0.4 is 0 Å². The fourth-order valence-electron chi connectivity index (χ4n) is 8.12. The van der Waals surface area contributed by atoms with Crippen molar-refractivity contribution < 1.29 is 28.6 Å². The average Bonchev–Trinajstić information content (AvgIpc) is 3.29. The van der Waals surface area contributed by atoms with E-state index < -0.39 is 6.10 Å². The first-order valence-corrected chi connectivity index (χ1v) is 28.0. The molecule has 0 bridgehead atoms. The van der Waals surface area contributed by atoms with Crippen molar-refractivity contribution in [1.82, 2.24) is 0 Å². The minimum absolute atomic E-state index is 0.0723. The van der Waals surface area contributed by atoms with Crippen molar-refractivity contribution in [2.75, 3.05) is 13.2 Å². The molecule has 0 aromatic heterocycles. The van der Waals surface area contributed by atoms with Crippen molar-refractivity contribution in [3.63, 3.8) is 0 Å². The third-order valence-electron chi connectivity index (χ3n) is 12.3. The minimum atomic E-state index is -0.769. The SMILES string of the molecule is CCC/C=C\CCCCCCCC(=O)OC(COC(=O)CCCCCCCCC)COC(=O)CCCCCCCCCCCCCCCCCCC/C=C\C/C=C\CCCCCCC. The fraction of sp³-hybridized carbons (Fsp3) is 0.845. The lowest BCUT2D eigenvalue weighted by Gasteiger charge is -2.18. The molecule has 0 aromatic rings. The summed E-state index contributed by atoms with van der Waals surface area (Å²) in [6.45, 7) is 6.54. The van der Waals surface area contributed by atoms with E-state index in [1.54, 1.807) is 0 Å². The number of carbonyl (C=O) groups is 3. The quantitative estimate of drug-likeness (QED) is 0.0262. The van der Waals surface area contributed by atoms with Crippen molar-refractivity contribution in [1.29, 1.82) is 0 Å². The van der Waals surface area contributed by atoms with Gasteiger partial charge in [-0.3, -0.25) is 14.4 Å². The molecule has 1 unspecified atom stereocenters. The second-order valence-electron chi connectivity index (χ2n) is 18.8. The molecule has 0 aromatic carbocycles. The van der Waals surface area contributed by atoms with E-state index in [4.69, 9.17) is 14.2 Å². The van der Waals surface area contributed by atoms with Gasteiger partial charge in [-0.05, 0) is 70.6 Å². The van der Waals surface area contributed by atoms with Crippen LogP contribution >= 0.6 is 0 Å². The van der Waals surface area contributed by atoms with E-state index in [0.717, 1.165) is 83.5 Å². The van der Waals surface area contributed by atoms with Crippen LogP contribution in [-0.4, -0.2) is 37.2 Å². The van der Waals surface area contributed by atoms with Gasteiger partial charge in [0.15, 0.2) is 6.10 Å². The Labute approximate surface area is 397 Å². The summed E-state index contributed by atoms with van der Waals surface area (Å²) in [5, 5.41) is 0. The van der Waals surface area contributed by atoms with Gasteiger partial charge in [0.2, 0.25) is 0 Å². The third kappa shape index (κ3) is 50.6. The van der Waals surface area contributed by atoms with Crippen LogP contribution in [0.5, 0.6) is 0 Å². The summed E-state index contributed by atoms with van der Waals surface area (Å²) in [5.74, 6) is -0.880. The summed E-state index contributed by atoms with van der Waals surface area (Å²) in [6.07, 6.45) is 63.2. The van der Waals surface area contributed by atoms with Crippen LogP contribution in [0.2, 0.25) is 0 Å². The number of hydrogen-bond donors (Lipinski definition) is 0. The standard InChI is InChI=1S/C58H106O6/c1-4-7-10-13-16-18-20-21-22-23-24-25-26-27-28-29-30-31-32-33-34-35-36-37-38-40-42-45-48-51-57(60)63-54-55(53-62-56(59)50-47-44-41-15-12-9-6-3)64-58(61)52-49-46-43-39-19-17-14-11-8-5-2/h11,14,20-21,23-24,55H,4-10,12-13,15-19,22,25-54H2,1-3H3/b14-11-,21-20-,24-23-. The molecule has 0 N–H and O–H groups in total. The Balaban J connectivity index is 3.96. The van der Waals surface area contributed by atoms with Crippen LogP contribution in [0.4, 0.5) is 0 Å². The van der Waals surface area contributed by atoms with Gasteiger partial charge < -0.3 is 14.2 Å². The number of unbranched alkanes of at least 4 members (excludes halogenated alkanes) is 34. The summed E-state index contributed by atoms with van der Waals surface area (Å²) in [4.78, 5) is 37.7. The normalized spacial score (nSPS) is 12.2. The number of ether oxygens (including phenoxy) is 3. The number of allylic oxidation sites excluding steroid dienone is 6. The lowest BCUT2D eigenvalue weighted by Crippen LogP contribution is -2.30. The molecule has 0 rings (SSSR count). The highest BCUT2D eigenvalue weighted by Gasteiger charge is 2.19. The highest BCUT2D eigenvalue weighted by molar-refractivity contribution is 5.71. The summed E-state index contributed by atoms with van der Waals surface area (Å²) in [5.41, 5.74) is 0. The van der Waals surface area contributed by atoms with Crippen molar-refractivity contribution in [3.8, 4) is 0 Å². The Morgan fingerprint density at radius 3 is 0.938 bits per heavy atom. The molecular weight excluding hydrogens is 793 g/mol. The third-order valence-corrected chi connectivity index (χ3v) is 12.3. The van der Waals surface area contributed by atoms with Gasteiger partial charge in [0.05, 0.1) is 0 Å². The second kappa shape index (κ2) is 53.2. The number of rotatable bonds is 51. The molecule has 6 nitrogen and oxygen atoms in total. The number of carbonyl (C=O) groups excluding carboxylic acids is 3. The van der Waals surface area contributed by atoms with Crippen molar-refractivity contribution in [2.45, 2.75) is 303 Å². The summed E-state index contributed by atoms with van der Waals surface area (Å²) in [7, 11) is 0. The zero-order valence-corrected chi connectivity index (χ0v) is 42.8. The molecule has 0 radical (unpaired) electrons. The average molecular weight is 899 g/mol. The molecule has 0 aliphatic carbocycles. The molecular formula is C58H106O6. The van der Waals surface area contributed by atoms with E-state index in [-0.39, 0.29) is 31.1 Å². The second-order valence-corrected chi connectivity index (χ2v) is 18.8. The van der Waals surface area contributed by atoms with Crippen LogP contribution in [-0.2, 0) is 28.6 Å². The highest BCUT2D eigenvalue weighted by Crippen LogP contribution is 2.16. The van der Waals surface area contributed by atoms with Crippen molar-refractivity contribution in [2.24, 2.45) is 0 Å². The fourth-order valence-corrected chi connectivity index (χ4v) is 8.12. The van der Waals surface area contributed by atoms with E-state index in [2.05, 4.69) is 57.2 Å².